The Morgan fingerprint density at radius 3 is 2.69 bits per heavy atom. The highest BCUT2D eigenvalue weighted by molar-refractivity contribution is 5.84. The van der Waals surface area contributed by atoms with Crippen molar-refractivity contribution in [2.45, 2.75) is 19.0 Å². The van der Waals surface area contributed by atoms with Gasteiger partial charge in [0.15, 0.2) is 0 Å². The number of methoxy groups -OCH3 is 1. The monoisotopic (exact) mass is 216 g/mol. The molecule has 1 aliphatic rings. The van der Waals surface area contributed by atoms with Crippen molar-refractivity contribution in [1.29, 1.82) is 5.26 Å². The molecule has 1 aromatic carbocycles. The minimum atomic E-state index is -0.255. The molecule has 0 aliphatic carbocycles. The summed E-state index contributed by atoms with van der Waals surface area (Å²) in [5.74, 6) is 0.831. The van der Waals surface area contributed by atoms with E-state index in [-0.39, 0.29) is 11.9 Å². The van der Waals surface area contributed by atoms with Crippen LogP contribution < -0.4 is 4.74 Å². The molecule has 0 bridgehead atoms. The predicted octanol–water partition coefficient (Wildman–Crippen LogP) is 1.32. The van der Waals surface area contributed by atoms with Gasteiger partial charge in [-0.05, 0) is 17.7 Å². The first-order chi connectivity index (χ1) is 7.74. The lowest BCUT2D eigenvalue weighted by atomic mass is 10.0. The van der Waals surface area contributed by atoms with Gasteiger partial charge in [-0.25, -0.2) is 0 Å². The fourth-order valence-electron chi connectivity index (χ4n) is 1.70. The molecule has 0 N–H and O–H groups in total. The molecule has 0 aromatic heterocycles. The van der Waals surface area contributed by atoms with E-state index in [1.165, 1.54) is 0 Å². The van der Waals surface area contributed by atoms with E-state index in [9.17, 15) is 4.79 Å². The Balaban J connectivity index is 2.04. The van der Waals surface area contributed by atoms with E-state index in [0.717, 1.165) is 11.3 Å². The normalized spacial score (nSPS) is 18.9. The Bertz CT molecular complexity index is 433. The molecule has 1 aromatic rings. The first-order valence-electron chi connectivity index (χ1n) is 5.06. The topological polar surface area (TPSA) is 53.3 Å². The number of nitrogens with zero attached hydrogens (tertiary/aromatic N) is 2. The van der Waals surface area contributed by atoms with Crippen LogP contribution in [-0.4, -0.2) is 24.0 Å². The van der Waals surface area contributed by atoms with Gasteiger partial charge in [-0.2, -0.15) is 5.26 Å². The van der Waals surface area contributed by atoms with Crippen LogP contribution in [0, 0.1) is 11.3 Å². The molecule has 1 atom stereocenters. The lowest BCUT2D eigenvalue weighted by Gasteiger charge is -2.35. The number of carbonyl (C=O) groups excluding carboxylic acids is 1. The van der Waals surface area contributed by atoms with Crippen LogP contribution in [0.15, 0.2) is 24.3 Å². The zero-order valence-electron chi connectivity index (χ0n) is 9.01. The van der Waals surface area contributed by atoms with Gasteiger partial charge >= 0.3 is 0 Å². The Hall–Kier alpha value is -2.02. The second kappa shape index (κ2) is 4.23. The summed E-state index contributed by atoms with van der Waals surface area (Å²) in [6.07, 6.45) is 0.354. The van der Waals surface area contributed by atoms with Gasteiger partial charge in [0.05, 0.1) is 19.6 Å². The van der Waals surface area contributed by atoms with Crippen molar-refractivity contribution in [3.8, 4) is 11.8 Å². The fourth-order valence-corrected chi connectivity index (χ4v) is 1.70. The molecule has 82 valence electrons. The number of benzene rings is 1. The van der Waals surface area contributed by atoms with Crippen LogP contribution in [0.4, 0.5) is 0 Å². The first-order valence-corrected chi connectivity index (χ1v) is 5.06. The molecular weight excluding hydrogens is 204 g/mol. The van der Waals surface area contributed by atoms with Gasteiger partial charge in [0.2, 0.25) is 5.91 Å². The maximum atomic E-state index is 11.3. The summed E-state index contributed by atoms with van der Waals surface area (Å²) in [4.78, 5) is 12.9. The van der Waals surface area contributed by atoms with Gasteiger partial charge in [-0.3, -0.25) is 4.79 Å². The molecule has 1 heterocycles. The average molecular weight is 216 g/mol. The van der Waals surface area contributed by atoms with Crippen molar-refractivity contribution < 1.29 is 9.53 Å². The Morgan fingerprint density at radius 1 is 1.50 bits per heavy atom. The van der Waals surface area contributed by atoms with Crippen LogP contribution in [0.2, 0.25) is 0 Å². The molecule has 1 amide bonds. The lowest BCUT2D eigenvalue weighted by molar-refractivity contribution is -0.144. The Kier molecular flexibility index (Phi) is 2.78. The van der Waals surface area contributed by atoms with Gasteiger partial charge in [0.1, 0.15) is 11.8 Å². The molecule has 1 aliphatic heterocycles. The summed E-state index contributed by atoms with van der Waals surface area (Å²) in [6.45, 7) is 0.501. The van der Waals surface area contributed by atoms with Crippen molar-refractivity contribution in [1.82, 2.24) is 4.90 Å². The molecule has 0 radical (unpaired) electrons. The smallest absolute Gasteiger partial charge is 0.227 e. The summed E-state index contributed by atoms with van der Waals surface area (Å²) in [6, 6.07) is 9.35. The number of nitriles is 1. The maximum Gasteiger partial charge on any atom is 0.227 e. The third-order valence-electron chi connectivity index (χ3n) is 2.73. The fraction of sp³-hybridized carbons (Fsp3) is 0.333. The van der Waals surface area contributed by atoms with Crippen molar-refractivity contribution in [3.05, 3.63) is 29.8 Å². The van der Waals surface area contributed by atoms with E-state index in [4.69, 9.17) is 10.00 Å². The highest BCUT2D eigenvalue weighted by atomic mass is 16.5. The van der Waals surface area contributed by atoms with Crippen LogP contribution in [0.1, 0.15) is 12.0 Å². The Labute approximate surface area is 94.0 Å². The van der Waals surface area contributed by atoms with E-state index < -0.39 is 0 Å². The number of β-lactam (4-membered cyclic amide) rings is 1. The Morgan fingerprint density at radius 2 is 2.19 bits per heavy atom. The molecular formula is C12H12N2O2. The minimum absolute atomic E-state index is 0.0439. The lowest BCUT2D eigenvalue weighted by Crippen LogP contribution is -2.50. The van der Waals surface area contributed by atoms with Crippen LogP contribution in [-0.2, 0) is 11.3 Å². The van der Waals surface area contributed by atoms with Gasteiger partial charge in [0, 0.05) is 6.54 Å². The first kappa shape index (κ1) is 10.5. The summed E-state index contributed by atoms with van der Waals surface area (Å²) in [7, 11) is 1.61. The third kappa shape index (κ3) is 1.84. The summed E-state index contributed by atoms with van der Waals surface area (Å²) in [5.41, 5.74) is 1.01. The second-order valence-corrected chi connectivity index (χ2v) is 3.72. The number of hydrogen-bond acceptors (Lipinski definition) is 3. The zero-order chi connectivity index (χ0) is 11.5. The van der Waals surface area contributed by atoms with Gasteiger partial charge < -0.3 is 9.64 Å². The second-order valence-electron chi connectivity index (χ2n) is 3.72. The summed E-state index contributed by atoms with van der Waals surface area (Å²) >= 11 is 0. The largest absolute Gasteiger partial charge is 0.497 e. The third-order valence-corrected chi connectivity index (χ3v) is 2.73. The van der Waals surface area contributed by atoms with Gasteiger partial charge in [-0.1, -0.05) is 12.1 Å². The molecule has 2 rings (SSSR count). The molecule has 0 saturated carbocycles. The molecule has 4 nitrogen and oxygen atoms in total. The van der Waals surface area contributed by atoms with Crippen molar-refractivity contribution in [2.75, 3.05) is 7.11 Å². The molecule has 0 unspecified atom stereocenters. The van der Waals surface area contributed by atoms with Crippen LogP contribution in [0.5, 0.6) is 5.75 Å². The highest BCUT2D eigenvalue weighted by Gasteiger charge is 2.35. The van der Waals surface area contributed by atoms with Crippen LogP contribution in [0.3, 0.4) is 0 Å². The molecule has 16 heavy (non-hydrogen) atoms. The molecule has 1 fully saturated rings. The number of hydrogen-bond donors (Lipinski definition) is 0. The number of rotatable bonds is 3. The van der Waals surface area contributed by atoms with Crippen LogP contribution >= 0.6 is 0 Å². The summed E-state index contributed by atoms with van der Waals surface area (Å²) < 4.78 is 5.04. The number of carbonyl (C=O) groups is 1. The van der Waals surface area contributed by atoms with Gasteiger partial charge in [0.25, 0.3) is 0 Å². The van der Waals surface area contributed by atoms with E-state index in [1.807, 2.05) is 24.3 Å². The van der Waals surface area contributed by atoms with Gasteiger partial charge in [-0.15, -0.1) is 0 Å². The zero-order valence-corrected chi connectivity index (χ0v) is 9.01. The van der Waals surface area contributed by atoms with Crippen LogP contribution in [0.25, 0.3) is 0 Å². The maximum absolute atomic E-state index is 11.3. The van der Waals surface area contributed by atoms with Crippen molar-refractivity contribution >= 4 is 5.91 Å². The standard InChI is InChI=1S/C12H12N2O2/c1-16-11-4-2-9(3-5-11)8-14-10(7-13)6-12(14)15/h2-5,10H,6,8H2,1H3/t10-/m0/s1. The molecule has 0 spiro atoms. The van der Waals surface area contributed by atoms with Crippen molar-refractivity contribution in [3.63, 3.8) is 0 Å². The van der Waals surface area contributed by atoms with E-state index >= 15 is 0 Å². The number of likely N-dealkylation sites (tertiary alicyclic amines) is 1. The number of amides is 1. The highest BCUT2D eigenvalue weighted by Crippen LogP contribution is 2.22. The summed E-state index contributed by atoms with van der Waals surface area (Å²) in [5, 5.41) is 8.77. The molecule has 1 saturated heterocycles. The number of ether oxygens (including phenoxy) is 1. The van der Waals surface area contributed by atoms with Crippen molar-refractivity contribution in [2.24, 2.45) is 0 Å². The van der Waals surface area contributed by atoms with E-state index in [1.54, 1.807) is 12.0 Å². The molecule has 4 heteroatoms. The average Bonchev–Trinajstić information content (AvgIpc) is 2.33. The minimum Gasteiger partial charge on any atom is -0.497 e. The SMILES string of the molecule is COc1ccc(CN2C(=O)C[C@H]2C#N)cc1. The predicted molar refractivity (Wildman–Crippen MR) is 57.6 cm³/mol. The van der Waals surface area contributed by atoms with E-state index in [2.05, 4.69) is 6.07 Å². The quantitative estimate of drug-likeness (QED) is 0.716. The van der Waals surface area contributed by atoms with E-state index in [0.29, 0.717) is 13.0 Å².